The third-order valence-electron chi connectivity index (χ3n) is 4.66. The summed E-state index contributed by atoms with van der Waals surface area (Å²) in [7, 11) is 0. The zero-order valence-corrected chi connectivity index (χ0v) is 12.9. The van der Waals surface area contributed by atoms with Crippen molar-refractivity contribution in [2.75, 3.05) is 6.54 Å². The summed E-state index contributed by atoms with van der Waals surface area (Å²) in [6.45, 7) is 2.81. The molecule has 1 aromatic rings. The van der Waals surface area contributed by atoms with Gasteiger partial charge in [0.25, 0.3) is 0 Å². The van der Waals surface area contributed by atoms with Gasteiger partial charge in [0.15, 0.2) is 0 Å². The summed E-state index contributed by atoms with van der Waals surface area (Å²) in [5.74, 6) is 0.737. The molecule has 2 atom stereocenters. The van der Waals surface area contributed by atoms with Crippen LogP contribution in [0.15, 0.2) is 24.3 Å². The molecule has 2 rings (SSSR count). The van der Waals surface area contributed by atoms with Crippen LogP contribution < -0.4 is 5.32 Å². The molecule has 0 aliphatic heterocycles. The Morgan fingerprint density at radius 3 is 2.38 bits per heavy atom. The predicted molar refractivity (Wildman–Crippen MR) is 84.8 cm³/mol. The number of nitrogens with one attached hydrogen (secondary N) is 1. The third kappa shape index (κ3) is 4.84. The number of nitrogens with zero attached hydrogens (tertiary/aromatic N) is 1. The van der Waals surface area contributed by atoms with Gasteiger partial charge in [-0.15, -0.1) is 0 Å². The highest BCUT2D eigenvalue weighted by Gasteiger charge is 2.19. The summed E-state index contributed by atoms with van der Waals surface area (Å²) in [5.41, 5.74) is 1.50. The molecular weight excluding hydrogens is 260 g/mol. The van der Waals surface area contributed by atoms with Crippen LogP contribution in [-0.4, -0.2) is 17.7 Å². The van der Waals surface area contributed by atoms with Crippen molar-refractivity contribution in [3.63, 3.8) is 0 Å². The summed E-state index contributed by atoms with van der Waals surface area (Å²) in [6.07, 6.45) is 7.53. The van der Waals surface area contributed by atoms with E-state index in [-0.39, 0.29) is 0 Å². The minimum Gasteiger partial charge on any atom is -0.387 e. The highest BCUT2D eigenvalue weighted by Crippen LogP contribution is 2.25. The number of benzene rings is 1. The van der Waals surface area contributed by atoms with E-state index in [0.29, 0.717) is 18.2 Å². The fourth-order valence-electron chi connectivity index (χ4n) is 3.17. The molecule has 0 heterocycles. The molecule has 3 heteroatoms. The second-order valence-electron chi connectivity index (χ2n) is 6.20. The Morgan fingerprint density at radius 1 is 1.19 bits per heavy atom. The number of hydrogen-bond donors (Lipinski definition) is 2. The molecule has 0 amide bonds. The number of rotatable bonds is 5. The summed E-state index contributed by atoms with van der Waals surface area (Å²) in [4.78, 5) is 0. The zero-order valence-electron chi connectivity index (χ0n) is 12.9. The molecule has 0 aromatic heterocycles. The van der Waals surface area contributed by atoms with E-state index in [1.807, 2.05) is 12.1 Å². The highest BCUT2D eigenvalue weighted by atomic mass is 16.3. The zero-order chi connectivity index (χ0) is 15.1. The molecule has 1 aliphatic rings. The van der Waals surface area contributed by atoms with Crippen molar-refractivity contribution in [2.24, 2.45) is 5.92 Å². The molecule has 1 aromatic carbocycles. The van der Waals surface area contributed by atoms with Gasteiger partial charge in [0.2, 0.25) is 0 Å². The summed E-state index contributed by atoms with van der Waals surface area (Å²) in [5, 5.41) is 22.5. The van der Waals surface area contributed by atoms with E-state index in [2.05, 4.69) is 18.3 Å². The van der Waals surface area contributed by atoms with Gasteiger partial charge in [-0.25, -0.2) is 0 Å². The molecule has 0 spiro atoms. The van der Waals surface area contributed by atoms with Crippen molar-refractivity contribution in [1.29, 1.82) is 5.26 Å². The van der Waals surface area contributed by atoms with Crippen LogP contribution in [-0.2, 0) is 0 Å². The smallest absolute Gasteiger partial charge is 0.0991 e. The lowest BCUT2D eigenvalue weighted by Gasteiger charge is -2.25. The molecule has 114 valence electrons. The topological polar surface area (TPSA) is 56.0 Å². The van der Waals surface area contributed by atoms with Crippen molar-refractivity contribution in [3.05, 3.63) is 35.4 Å². The van der Waals surface area contributed by atoms with Crippen LogP contribution in [0, 0.1) is 17.2 Å². The van der Waals surface area contributed by atoms with Crippen molar-refractivity contribution < 1.29 is 5.11 Å². The quantitative estimate of drug-likeness (QED) is 0.814. The minimum atomic E-state index is -0.508. The van der Waals surface area contributed by atoms with E-state index in [9.17, 15) is 5.11 Å². The van der Waals surface area contributed by atoms with Crippen molar-refractivity contribution in [1.82, 2.24) is 5.32 Å². The molecule has 0 radical (unpaired) electrons. The van der Waals surface area contributed by atoms with Gasteiger partial charge < -0.3 is 10.4 Å². The third-order valence-corrected chi connectivity index (χ3v) is 4.66. The largest absolute Gasteiger partial charge is 0.387 e. The fraction of sp³-hybridized carbons (Fsp3) is 0.611. The summed E-state index contributed by atoms with van der Waals surface area (Å²) >= 11 is 0. The van der Waals surface area contributed by atoms with Crippen LogP contribution in [0.5, 0.6) is 0 Å². The van der Waals surface area contributed by atoms with E-state index in [0.717, 1.165) is 11.5 Å². The molecule has 2 N–H and O–H groups in total. The number of aliphatic hydroxyl groups excluding tert-OH is 1. The van der Waals surface area contributed by atoms with Crippen molar-refractivity contribution >= 4 is 0 Å². The monoisotopic (exact) mass is 286 g/mol. The first-order chi connectivity index (χ1) is 10.2. The van der Waals surface area contributed by atoms with Gasteiger partial charge in [0.05, 0.1) is 17.7 Å². The molecule has 1 fully saturated rings. The van der Waals surface area contributed by atoms with Crippen LogP contribution >= 0.6 is 0 Å². The average molecular weight is 286 g/mol. The van der Waals surface area contributed by atoms with E-state index < -0.39 is 6.10 Å². The molecular formula is C18H26N2O. The van der Waals surface area contributed by atoms with Crippen LogP contribution in [0.2, 0.25) is 0 Å². The average Bonchev–Trinajstić information content (AvgIpc) is 2.81. The van der Waals surface area contributed by atoms with Gasteiger partial charge in [0, 0.05) is 12.6 Å². The molecule has 0 bridgehead atoms. The van der Waals surface area contributed by atoms with Crippen LogP contribution in [0.4, 0.5) is 0 Å². The normalized spacial score (nSPS) is 19.5. The van der Waals surface area contributed by atoms with E-state index in [4.69, 9.17) is 5.26 Å². The van der Waals surface area contributed by atoms with Crippen LogP contribution in [0.3, 0.4) is 0 Å². The molecule has 1 aliphatic carbocycles. The van der Waals surface area contributed by atoms with E-state index >= 15 is 0 Å². The summed E-state index contributed by atoms with van der Waals surface area (Å²) in [6, 6.07) is 9.73. The van der Waals surface area contributed by atoms with Crippen molar-refractivity contribution in [2.45, 2.75) is 57.6 Å². The van der Waals surface area contributed by atoms with Gasteiger partial charge in [-0.1, -0.05) is 37.8 Å². The Hall–Kier alpha value is -1.37. The number of aliphatic hydroxyl groups is 1. The molecule has 1 saturated carbocycles. The van der Waals surface area contributed by atoms with Crippen LogP contribution in [0.1, 0.15) is 62.7 Å². The Kier molecular flexibility index (Phi) is 6.22. The maximum Gasteiger partial charge on any atom is 0.0991 e. The Balaban J connectivity index is 1.81. The Morgan fingerprint density at radius 2 is 1.81 bits per heavy atom. The SMILES string of the molecule is C[C@@H](NCC(O)c1ccc(C#N)cc1)C1CCCCCC1. The molecule has 1 unspecified atom stereocenters. The molecule has 3 nitrogen and oxygen atoms in total. The first-order valence-corrected chi connectivity index (χ1v) is 8.12. The van der Waals surface area contributed by atoms with Crippen LogP contribution in [0.25, 0.3) is 0 Å². The lowest BCUT2D eigenvalue weighted by Crippen LogP contribution is -2.36. The predicted octanol–water partition coefficient (Wildman–Crippen LogP) is 3.54. The maximum atomic E-state index is 10.2. The van der Waals surface area contributed by atoms with E-state index in [1.165, 1.54) is 38.5 Å². The van der Waals surface area contributed by atoms with E-state index in [1.54, 1.807) is 12.1 Å². The van der Waals surface area contributed by atoms with Crippen molar-refractivity contribution in [3.8, 4) is 6.07 Å². The standard InChI is InChI=1S/C18H26N2O/c1-14(16-6-4-2-3-5-7-16)20-13-18(21)17-10-8-15(12-19)9-11-17/h8-11,14,16,18,20-21H,2-7,13H2,1H3/t14-,18?/m1/s1. The van der Waals surface area contributed by atoms with Gasteiger partial charge in [-0.3, -0.25) is 0 Å². The number of nitriles is 1. The second-order valence-corrected chi connectivity index (χ2v) is 6.20. The fourth-order valence-corrected chi connectivity index (χ4v) is 3.17. The van der Waals surface area contributed by atoms with Gasteiger partial charge in [0.1, 0.15) is 0 Å². The van der Waals surface area contributed by atoms with Gasteiger partial charge in [-0.05, 0) is 43.4 Å². The molecule has 21 heavy (non-hydrogen) atoms. The second kappa shape index (κ2) is 8.17. The Bertz CT molecular complexity index is 455. The minimum absolute atomic E-state index is 0.455. The lowest BCUT2D eigenvalue weighted by atomic mass is 9.93. The lowest BCUT2D eigenvalue weighted by molar-refractivity contribution is 0.164. The number of hydrogen-bond acceptors (Lipinski definition) is 3. The first kappa shape index (κ1) is 16.0. The van der Waals surface area contributed by atoms with Gasteiger partial charge >= 0.3 is 0 Å². The van der Waals surface area contributed by atoms with Gasteiger partial charge in [-0.2, -0.15) is 5.26 Å². The molecule has 0 saturated heterocycles. The Labute approximate surface area is 128 Å². The first-order valence-electron chi connectivity index (χ1n) is 8.12. The summed E-state index contributed by atoms with van der Waals surface area (Å²) < 4.78 is 0. The highest BCUT2D eigenvalue weighted by molar-refractivity contribution is 5.32. The maximum absolute atomic E-state index is 10.2.